The highest BCUT2D eigenvalue weighted by Gasteiger charge is 2.25. The predicted molar refractivity (Wildman–Crippen MR) is 141 cm³/mol. The van der Waals surface area contributed by atoms with Gasteiger partial charge in [0.05, 0.1) is 16.3 Å². The smallest absolute Gasteiger partial charge is 0.261 e. The lowest BCUT2D eigenvalue weighted by molar-refractivity contribution is 0.102. The van der Waals surface area contributed by atoms with Gasteiger partial charge in [-0.15, -0.1) is 0 Å². The largest absolute Gasteiger partial charge is 0.322 e. The molecule has 0 saturated carbocycles. The minimum Gasteiger partial charge on any atom is -0.322 e. The number of carbonyl (C=O) groups is 1. The molecule has 1 amide bonds. The average molecular weight is 548 g/mol. The zero-order valence-electron chi connectivity index (χ0n) is 19.6. The number of hydrogen-bond acceptors (Lipinski definition) is 5. The number of halogens is 1. The van der Waals surface area contributed by atoms with Crippen LogP contribution in [0.3, 0.4) is 0 Å². The van der Waals surface area contributed by atoms with Gasteiger partial charge in [0.2, 0.25) is 10.0 Å². The lowest BCUT2D eigenvalue weighted by Crippen LogP contribution is -2.29. The first-order chi connectivity index (χ1) is 17.0. The van der Waals surface area contributed by atoms with Crippen LogP contribution in [0.15, 0.2) is 71.6 Å². The van der Waals surface area contributed by atoms with E-state index in [-0.39, 0.29) is 10.6 Å². The van der Waals surface area contributed by atoms with Gasteiger partial charge < -0.3 is 5.32 Å². The summed E-state index contributed by atoms with van der Waals surface area (Å²) >= 11 is 6.07. The number of sulfonamides is 2. The lowest BCUT2D eigenvalue weighted by atomic mass is 10.1. The maximum Gasteiger partial charge on any atom is 0.261 e. The molecule has 0 bridgehead atoms. The normalized spacial score (nSPS) is 14.5. The van der Waals surface area contributed by atoms with E-state index in [1.165, 1.54) is 28.6 Å². The van der Waals surface area contributed by atoms with Crippen LogP contribution in [0.4, 0.5) is 11.4 Å². The lowest BCUT2D eigenvalue weighted by Gasteiger charge is -2.15. The zero-order chi connectivity index (χ0) is 25.9. The monoisotopic (exact) mass is 547 g/mol. The van der Waals surface area contributed by atoms with Crippen molar-refractivity contribution >= 4 is 48.9 Å². The maximum atomic E-state index is 12.7. The summed E-state index contributed by atoms with van der Waals surface area (Å²) in [5, 5.41) is 3.17. The molecule has 2 N–H and O–H groups in total. The van der Waals surface area contributed by atoms with E-state index in [2.05, 4.69) is 10.0 Å². The molecule has 1 heterocycles. The third kappa shape index (κ3) is 6.07. The van der Waals surface area contributed by atoms with Gasteiger partial charge >= 0.3 is 0 Å². The van der Waals surface area contributed by atoms with Crippen LogP contribution in [0.5, 0.6) is 0 Å². The SMILES string of the molecule is Cc1c(Cl)cccc1NS(=O)(=O)c1ccc(NC(=O)c2ccc(CS(=O)(=O)N3CCCC3)cc2)cc1. The highest BCUT2D eigenvalue weighted by atomic mass is 35.5. The van der Waals surface area contributed by atoms with E-state index in [9.17, 15) is 21.6 Å². The first-order valence-corrected chi connectivity index (χ1v) is 14.8. The van der Waals surface area contributed by atoms with Crippen molar-refractivity contribution in [3.05, 3.63) is 88.4 Å². The Hall–Kier alpha value is -2.92. The van der Waals surface area contributed by atoms with Gasteiger partial charge in [-0.1, -0.05) is 29.8 Å². The van der Waals surface area contributed by atoms with Crippen molar-refractivity contribution in [1.29, 1.82) is 0 Å². The van der Waals surface area contributed by atoms with Crippen molar-refractivity contribution in [3.8, 4) is 0 Å². The highest BCUT2D eigenvalue weighted by Crippen LogP contribution is 2.26. The summed E-state index contributed by atoms with van der Waals surface area (Å²) in [6.07, 6.45) is 1.76. The first-order valence-electron chi connectivity index (χ1n) is 11.3. The molecule has 0 aliphatic carbocycles. The Morgan fingerprint density at radius 2 is 1.56 bits per heavy atom. The van der Waals surface area contributed by atoms with Crippen LogP contribution in [0.2, 0.25) is 5.02 Å². The van der Waals surface area contributed by atoms with Gasteiger partial charge in [-0.3, -0.25) is 9.52 Å². The fourth-order valence-corrected chi connectivity index (χ4v) is 6.77. The van der Waals surface area contributed by atoms with E-state index >= 15 is 0 Å². The molecular weight excluding hydrogens is 522 g/mol. The zero-order valence-corrected chi connectivity index (χ0v) is 22.0. The maximum absolute atomic E-state index is 12.7. The van der Waals surface area contributed by atoms with Crippen LogP contribution in [-0.4, -0.2) is 40.1 Å². The van der Waals surface area contributed by atoms with Crippen LogP contribution in [0.25, 0.3) is 0 Å². The van der Waals surface area contributed by atoms with Crippen LogP contribution in [0, 0.1) is 6.92 Å². The van der Waals surface area contributed by atoms with Gasteiger partial charge in [-0.2, -0.15) is 0 Å². The fraction of sp³-hybridized carbons (Fsp3) is 0.240. The van der Waals surface area contributed by atoms with Gasteiger partial charge in [0.1, 0.15) is 0 Å². The molecule has 1 aliphatic rings. The predicted octanol–water partition coefficient (Wildman–Crippen LogP) is 4.63. The molecule has 0 spiro atoms. The second-order valence-electron chi connectivity index (χ2n) is 8.56. The third-order valence-corrected chi connectivity index (χ3v) is 9.60. The minimum absolute atomic E-state index is 0.0310. The Bertz CT molecular complexity index is 1470. The fourth-order valence-electron chi connectivity index (χ4n) is 3.86. The standard InChI is InChI=1S/C25H26ClN3O5S2/c1-18-23(26)5-4-6-24(18)28-36(33,34)22-13-11-21(12-14-22)27-25(30)20-9-7-19(8-10-20)17-35(31,32)29-15-2-3-16-29/h4-14,28H,2-3,15-17H2,1H3,(H,27,30). The van der Waals surface area contributed by atoms with E-state index in [4.69, 9.17) is 11.6 Å². The third-order valence-electron chi connectivity index (χ3n) is 5.96. The Morgan fingerprint density at radius 1 is 0.917 bits per heavy atom. The van der Waals surface area contributed by atoms with Crippen molar-refractivity contribution in [3.63, 3.8) is 0 Å². The highest BCUT2D eigenvalue weighted by molar-refractivity contribution is 7.92. The van der Waals surface area contributed by atoms with Gasteiger partial charge in [-0.05, 0) is 79.4 Å². The molecular formula is C25H26ClN3O5S2. The van der Waals surface area contributed by atoms with E-state index in [1.54, 1.807) is 49.4 Å². The summed E-state index contributed by atoms with van der Waals surface area (Å²) in [6, 6.07) is 17.1. The van der Waals surface area contributed by atoms with Gasteiger partial charge in [-0.25, -0.2) is 21.1 Å². The molecule has 8 nitrogen and oxygen atoms in total. The Labute approximate surface area is 216 Å². The first kappa shape index (κ1) is 26.2. The molecule has 1 fully saturated rings. The summed E-state index contributed by atoms with van der Waals surface area (Å²) < 4.78 is 54.5. The molecule has 1 saturated heterocycles. The number of amides is 1. The number of nitrogens with one attached hydrogen (secondary N) is 2. The van der Waals surface area contributed by atoms with E-state index in [0.717, 1.165) is 12.8 Å². The van der Waals surface area contributed by atoms with E-state index in [1.807, 2.05) is 0 Å². The van der Waals surface area contributed by atoms with E-state index in [0.29, 0.717) is 46.2 Å². The van der Waals surface area contributed by atoms with Crippen molar-refractivity contribution in [2.75, 3.05) is 23.1 Å². The summed E-state index contributed by atoms with van der Waals surface area (Å²) in [6.45, 7) is 2.83. The number of carbonyl (C=O) groups excluding carboxylic acids is 1. The molecule has 3 aromatic carbocycles. The summed E-state index contributed by atoms with van der Waals surface area (Å²) in [7, 11) is -7.21. The van der Waals surface area contributed by atoms with Crippen LogP contribution < -0.4 is 10.0 Å². The molecule has 3 aromatic rings. The van der Waals surface area contributed by atoms with Crippen molar-refractivity contribution in [1.82, 2.24) is 4.31 Å². The topological polar surface area (TPSA) is 113 Å². The molecule has 190 valence electrons. The van der Waals surface area contributed by atoms with Crippen LogP contribution in [0.1, 0.15) is 34.3 Å². The van der Waals surface area contributed by atoms with Gasteiger partial charge in [0.15, 0.2) is 0 Å². The van der Waals surface area contributed by atoms with Crippen LogP contribution >= 0.6 is 11.6 Å². The Morgan fingerprint density at radius 3 is 2.19 bits per heavy atom. The second-order valence-corrected chi connectivity index (χ2v) is 12.6. The molecule has 11 heteroatoms. The molecule has 0 radical (unpaired) electrons. The number of rotatable bonds is 8. The van der Waals surface area contributed by atoms with Crippen molar-refractivity contribution in [2.24, 2.45) is 0 Å². The number of hydrogen-bond donors (Lipinski definition) is 2. The summed E-state index contributed by atoms with van der Waals surface area (Å²) in [4.78, 5) is 12.7. The quantitative estimate of drug-likeness (QED) is 0.427. The van der Waals surface area contributed by atoms with Gasteiger partial charge in [0, 0.05) is 29.4 Å². The summed E-state index contributed by atoms with van der Waals surface area (Å²) in [5.41, 5.74) is 2.38. The molecule has 0 unspecified atom stereocenters. The Balaban J connectivity index is 1.39. The molecule has 4 rings (SSSR count). The number of anilines is 2. The number of nitrogens with zero attached hydrogens (tertiary/aromatic N) is 1. The average Bonchev–Trinajstić information content (AvgIpc) is 3.39. The van der Waals surface area contributed by atoms with Gasteiger partial charge in [0.25, 0.3) is 15.9 Å². The molecule has 1 aliphatic heterocycles. The Kier molecular flexibility index (Phi) is 7.70. The minimum atomic E-state index is -3.85. The number of benzene rings is 3. The van der Waals surface area contributed by atoms with E-state index < -0.39 is 26.0 Å². The molecule has 36 heavy (non-hydrogen) atoms. The molecule has 0 aromatic heterocycles. The summed E-state index contributed by atoms with van der Waals surface area (Å²) in [5.74, 6) is -0.500. The van der Waals surface area contributed by atoms with Crippen molar-refractivity contribution in [2.45, 2.75) is 30.4 Å². The second kappa shape index (κ2) is 10.6. The van der Waals surface area contributed by atoms with Crippen molar-refractivity contribution < 1.29 is 21.6 Å². The molecule has 0 atom stereocenters. The van der Waals surface area contributed by atoms with Crippen LogP contribution in [-0.2, 0) is 25.8 Å².